The number of hydrogen-bond donors (Lipinski definition) is 2. The number of hydrogen-bond acceptors (Lipinski definition) is 7. The van der Waals surface area contributed by atoms with Gasteiger partial charge >= 0.3 is 0 Å². The van der Waals surface area contributed by atoms with E-state index in [1.807, 2.05) is 24.3 Å². The fourth-order valence-electron chi connectivity index (χ4n) is 2.85. The molecule has 0 aliphatic carbocycles. The Labute approximate surface area is 151 Å². The average Bonchev–Trinajstić information content (AvgIpc) is 3.06. The van der Waals surface area contributed by atoms with Gasteiger partial charge in [0.15, 0.2) is 11.2 Å². The van der Waals surface area contributed by atoms with E-state index in [4.69, 9.17) is 4.74 Å². The monoisotopic (exact) mass is 361 g/mol. The van der Waals surface area contributed by atoms with Gasteiger partial charge in [-0.05, 0) is 43.7 Å². The topological polar surface area (TPSA) is 89.8 Å². The van der Waals surface area contributed by atoms with Crippen LogP contribution in [-0.2, 0) is 0 Å². The second kappa shape index (κ2) is 7.62. The molecule has 0 amide bonds. The van der Waals surface area contributed by atoms with Gasteiger partial charge in [-0.25, -0.2) is 4.98 Å². The molecule has 0 bridgehead atoms. The number of halogens is 1. The Hall–Kier alpha value is -2.45. The molecule has 132 valence electrons. The molecule has 0 spiro atoms. The molecule has 0 radical (unpaired) electrons. The summed E-state index contributed by atoms with van der Waals surface area (Å²) in [6.45, 7) is 2.00. The first-order valence-corrected chi connectivity index (χ1v) is 8.03. The SMILES string of the molecule is COc1ccc(-n2nnc3cnc(NC4CCCNC4)nc32)cc1.Cl. The third kappa shape index (κ3) is 3.64. The molecular formula is C16H20ClN7O. The molecule has 1 aromatic carbocycles. The number of rotatable bonds is 4. The molecule has 3 heterocycles. The fourth-order valence-corrected chi connectivity index (χ4v) is 2.85. The minimum Gasteiger partial charge on any atom is -0.497 e. The Bertz CT molecular complexity index is 830. The molecule has 0 saturated carbocycles. The summed E-state index contributed by atoms with van der Waals surface area (Å²) in [6, 6.07) is 7.97. The van der Waals surface area contributed by atoms with Crippen molar-refractivity contribution in [1.29, 1.82) is 0 Å². The van der Waals surface area contributed by atoms with Crippen molar-refractivity contribution in [3.8, 4) is 11.4 Å². The van der Waals surface area contributed by atoms with E-state index in [1.54, 1.807) is 18.0 Å². The molecule has 1 fully saturated rings. The number of aromatic nitrogens is 5. The molecule has 2 N–H and O–H groups in total. The minimum absolute atomic E-state index is 0. The highest BCUT2D eigenvalue weighted by atomic mass is 35.5. The lowest BCUT2D eigenvalue weighted by molar-refractivity contribution is 0.414. The lowest BCUT2D eigenvalue weighted by Gasteiger charge is -2.23. The Morgan fingerprint density at radius 2 is 2.12 bits per heavy atom. The lowest BCUT2D eigenvalue weighted by Crippen LogP contribution is -2.38. The minimum atomic E-state index is 0. The van der Waals surface area contributed by atoms with Gasteiger partial charge in [0, 0.05) is 12.6 Å². The van der Waals surface area contributed by atoms with Gasteiger partial charge in [0.05, 0.1) is 19.0 Å². The molecule has 3 aromatic rings. The number of nitrogens with one attached hydrogen (secondary N) is 2. The molecule has 2 aromatic heterocycles. The maximum atomic E-state index is 5.19. The van der Waals surface area contributed by atoms with E-state index in [1.165, 1.54) is 0 Å². The van der Waals surface area contributed by atoms with Crippen LogP contribution in [0, 0.1) is 0 Å². The molecule has 25 heavy (non-hydrogen) atoms. The summed E-state index contributed by atoms with van der Waals surface area (Å²) in [5, 5.41) is 15.1. The smallest absolute Gasteiger partial charge is 0.225 e. The summed E-state index contributed by atoms with van der Waals surface area (Å²) < 4.78 is 6.90. The van der Waals surface area contributed by atoms with Crippen LogP contribution in [0.25, 0.3) is 16.9 Å². The zero-order chi connectivity index (χ0) is 16.4. The van der Waals surface area contributed by atoms with Crippen LogP contribution in [-0.4, -0.2) is 51.2 Å². The zero-order valence-electron chi connectivity index (χ0n) is 13.8. The number of ether oxygens (including phenoxy) is 1. The van der Waals surface area contributed by atoms with Crippen molar-refractivity contribution in [2.24, 2.45) is 0 Å². The molecule has 1 atom stereocenters. The summed E-state index contributed by atoms with van der Waals surface area (Å²) in [4.78, 5) is 8.95. The number of benzene rings is 1. The Kier molecular flexibility index (Phi) is 5.30. The van der Waals surface area contributed by atoms with E-state index < -0.39 is 0 Å². The fraction of sp³-hybridized carbons (Fsp3) is 0.375. The second-order valence-electron chi connectivity index (χ2n) is 5.79. The van der Waals surface area contributed by atoms with E-state index in [9.17, 15) is 0 Å². The van der Waals surface area contributed by atoms with Crippen LogP contribution in [0.15, 0.2) is 30.5 Å². The molecule has 8 nitrogen and oxygen atoms in total. The van der Waals surface area contributed by atoms with Crippen molar-refractivity contribution in [2.45, 2.75) is 18.9 Å². The predicted molar refractivity (Wildman–Crippen MR) is 97.8 cm³/mol. The van der Waals surface area contributed by atoms with Gasteiger partial charge in [-0.15, -0.1) is 17.5 Å². The third-order valence-electron chi connectivity index (χ3n) is 4.14. The largest absolute Gasteiger partial charge is 0.497 e. The summed E-state index contributed by atoms with van der Waals surface area (Å²) in [6.07, 6.45) is 3.98. The third-order valence-corrected chi connectivity index (χ3v) is 4.14. The Morgan fingerprint density at radius 3 is 2.84 bits per heavy atom. The summed E-state index contributed by atoms with van der Waals surface area (Å²) in [7, 11) is 1.64. The van der Waals surface area contributed by atoms with Crippen molar-refractivity contribution in [1.82, 2.24) is 30.3 Å². The maximum Gasteiger partial charge on any atom is 0.225 e. The highest BCUT2D eigenvalue weighted by Crippen LogP contribution is 2.19. The zero-order valence-corrected chi connectivity index (χ0v) is 14.7. The van der Waals surface area contributed by atoms with Gasteiger partial charge in [-0.3, -0.25) is 0 Å². The lowest BCUT2D eigenvalue weighted by atomic mass is 10.1. The molecule has 1 aliphatic rings. The summed E-state index contributed by atoms with van der Waals surface area (Å²) in [5.41, 5.74) is 2.22. The van der Waals surface area contributed by atoms with Gasteiger partial charge in [-0.2, -0.15) is 9.67 Å². The van der Waals surface area contributed by atoms with Crippen LogP contribution < -0.4 is 15.4 Å². The molecule has 1 aliphatic heterocycles. The highest BCUT2D eigenvalue weighted by Gasteiger charge is 2.15. The van der Waals surface area contributed by atoms with Crippen LogP contribution in [0.5, 0.6) is 5.75 Å². The number of fused-ring (bicyclic) bond motifs is 1. The van der Waals surface area contributed by atoms with Crippen molar-refractivity contribution in [3.63, 3.8) is 0 Å². The van der Waals surface area contributed by atoms with Crippen molar-refractivity contribution in [3.05, 3.63) is 30.5 Å². The first-order valence-electron chi connectivity index (χ1n) is 8.03. The first-order chi connectivity index (χ1) is 11.8. The molecular weight excluding hydrogens is 342 g/mol. The van der Waals surface area contributed by atoms with Crippen molar-refractivity contribution >= 4 is 29.5 Å². The van der Waals surface area contributed by atoms with E-state index in [0.29, 0.717) is 23.2 Å². The van der Waals surface area contributed by atoms with Crippen molar-refractivity contribution in [2.75, 3.05) is 25.5 Å². The number of anilines is 1. The predicted octanol–water partition coefficient (Wildman–Crippen LogP) is 1.80. The van der Waals surface area contributed by atoms with Gasteiger partial charge < -0.3 is 15.4 Å². The highest BCUT2D eigenvalue weighted by molar-refractivity contribution is 5.85. The normalized spacial score (nSPS) is 17.1. The van der Waals surface area contributed by atoms with Gasteiger partial charge in [-0.1, -0.05) is 5.21 Å². The van der Waals surface area contributed by atoms with E-state index >= 15 is 0 Å². The quantitative estimate of drug-likeness (QED) is 0.732. The van der Waals surface area contributed by atoms with Crippen molar-refractivity contribution < 1.29 is 4.74 Å². The number of piperidine rings is 1. The second-order valence-corrected chi connectivity index (χ2v) is 5.79. The van der Waals surface area contributed by atoms with Crippen LogP contribution in [0.2, 0.25) is 0 Å². The summed E-state index contributed by atoms with van der Waals surface area (Å²) >= 11 is 0. The van der Waals surface area contributed by atoms with E-state index in [0.717, 1.165) is 37.4 Å². The van der Waals surface area contributed by atoms with Crippen LogP contribution in [0.3, 0.4) is 0 Å². The molecule has 1 saturated heterocycles. The maximum absolute atomic E-state index is 5.19. The number of nitrogens with zero attached hydrogens (tertiary/aromatic N) is 5. The summed E-state index contributed by atoms with van der Waals surface area (Å²) in [5.74, 6) is 1.40. The van der Waals surface area contributed by atoms with Gasteiger partial charge in [0.1, 0.15) is 5.75 Å². The Morgan fingerprint density at radius 1 is 1.28 bits per heavy atom. The van der Waals surface area contributed by atoms with Gasteiger partial charge in [0.25, 0.3) is 0 Å². The van der Waals surface area contributed by atoms with E-state index in [2.05, 4.69) is 30.9 Å². The van der Waals surface area contributed by atoms with E-state index in [-0.39, 0.29) is 12.4 Å². The van der Waals surface area contributed by atoms with Crippen LogP contribution >= 0.6 is 12.4 Å². The number of methoxy groups -OCH3 is 1. The van der Waals surface area contributed by atoms with Gasteiger partial charge in [0.2, 0.25) is 5.95 Å². The standard InChI is InChI=1S/C16H19N7O.ClH/c1-24-13-6-4-12(5-7-13)23-15-14(21-22-23)10-18-16(20-15)19-11-3-2-8-17-9-11;/h4-7,10-11,17H,2-3,8-9H2,1H3,(H,18,19,20);1H. The van der Waals surface area contributed by atoms with Crippen LogP contribution in [0.4, 0.5) is 5.95 Å². The molecule has 1 unspecified atom stereocenters. The molecule has 9 heteroatoms. The average molecular weight is 362 g/mol. The first kappa shape index (κ1) is 17.4. The van der Waals surface area contributed by atoms with Crippen LogP contribution in [0.1, 0.15) is 12.8 Å². The molecule has 4 rings (SSSR count). The Balaban J connectivity index is 0.00000182.